The minimum absolute atomic E-state index is 0.00137. The smallest absolute Gasteiger partial charge is 0.258 e. The van der Waals surface area contributed by atoms with E-state index in [4.69, 9.17) is 27.6 Å². The zero-order valence-corrected chi connectivity index (χ0v) is 23.6. The molecule has 1 aromatic heterocycles. The van der Waals surface area contributed by atoms with Crippen LogP contribution in [0.5, 0.6) is 0 Å². The van der Waals surface area contributed by atoms with Gasteiger partial charge in [0.1, 0.15) is 23.8 Å². The highest BCUT2D eigenvalue weighted by molar-refractivity contribution is 6.58. The summed E-state index contributed by atoms with van der Waals surface area (Å²) in [4.78, 5) is 50.3. The van der Waals surface area contributed by atoms with Gasteiger partial charge in [-0.05, 0) is 37.3 Å². The number of rotatable bonds is 5. The number of carbonyl (C=O) groups is 4. The van der Waals surface area contributed by atoms with Crippen LogP contribution >= 0.6 is 23.2 Å². The molecule has 2 saturated heterocycles. The maximum absolute atomic E-state index is 15.0. The molecular formula is C28H21Cl2F5N2O6. The molecule has 8 nitrogen and oxygen atoms in total. The molecule has 0 spiro atoms. The van der Waals surface area contributed by atoms with E-state index in [2.05, 4.69) is 0 Å². The van der Waals surface area contributed by atoms with Crippen LogP contribution in [0.15, 0.2) is 28.2 Å². The molecule has 15 heteroatoms. The van der Waals surface area contributed by atoms with Crippen molar-refractivity contribution in [1.29, 1.82) is 0 Å². The molecule has 6 rings (SSSR count). The maximum Gasteiger partial charge on any atom is 0.258 e. The molecule has 1 N–H and O–H groups in total. The van der Waals surface area contributed by atoms with Crippen molar-refractivity contribution in [2.75, 3.05) is 11.4 Å². The quantitative estimate of drug-likeness (QED) is 0.129. The summed E-state index contributed by atoms with van der Waals surface area (Å²) >= 11 is 13.9. The van der Waals surface area contributed by atoms with Gasteiger partial charge in [-0.3, -0.25) is 24.1 Å². The highest BCUT2D eigenvalue weighted by Gasteiger charge is 2.77. The standard InChI is InChI=1S/C28H21Cl2F5N2O6/c1-2-7-36-23(39)12-5-4-11-13(15(12)24(36)40)8-27(29)25(41)37(22-20(34)18(32)17(31)19(33)21(22)35)26(42)28(27,30)16(11)14-6-3-10(9-38)43-14/h3-4,6,12-13,15-16,38H,2,5,7-9H2,1H3/t12-,13+,15-,16+,27+,28-/m0/s1. The Bertz CT molecular complexity index is 1630. The van der Waals surface area contributed by atoms with Crippen LogP contribution in [0.3, 0.4) is 0 Å². The Morgan fingerprint density at radius 3 is 2.14 bits per heavy atom. The number of benzene rings is 1. The van der Waals surface area contributed by atoms with E-state index in [0.29, 0.717) is 6.42 Å². The number of fused-ring (bicyclic) bond motifs is 4. The third-order valence-corrected chi connectivity index (χ3v) is 10.3. The van der Waals surface area contributed by atoms with Gasteiger partial charge in [0.25, 0.3) is 11.8 Å². The molecule has 4 amide bonds. The van der Waals surface area contributed by atoms with E-state index >= 15 is 0 Å². The number of allylic oxidation sites excluding steroid dienone is 2. The normalized spacial score (nSPS) is 31.9. The van der Waals surface area contributed by atoms with Gasteiger partial charge in [-0.25, -0.2) is 26.9 Å². The van der Waals surface area contributed by atoms with Gasteiger partial charge in [-0.1, -0.05) is 18.6 Å². The number of amides is 4. The molecule has 2 aromatic rings. The largest absolute Gasteiger partial charge is 0.463 e. The van der Waals surface area contributed by atoms with Crippen molar-refractivity contribution < 1.29 is 50.7 Å². The number of hydrogen-bond donors (Lipinski definition) is 1. The maximum atomic E-state index is 15.0. The van der Waals surface area contributed by atoms with Crippen molar-refractivity contribution in [1.82, 2.24) is 4.90 Å². The molecule has 0 radical (unpaired) electrons. The Hall–Kier alpha value is -3.29. The van der Waals surface area contributed by atoms with E-state index in [1.807, 2.05) is 0 Å². The predicted molar refractivity (Wildman–Crippen MR) is 138 cm³/mol. The van der Waals surface area contributed by atoms with E-state index < -0.39 is 105 Å². The second kappa shape index (κ2) is 9.86. The van der Waals surface area contributed by atoms with Crippen LogP contribution in [0.25, 0.3) is 0 Å². The SMILES string of the molecule is CCCN1C(=O)[C@H]2[C@H](CC=C3[C@H]2C[C@@]2(Cl)C(=O)N(c4c(F)c(F)c(F)c(F)c4F)C(=O)[C@@]2(Cl)[C@H]3c2ccc(CO)o2)C1=O. The molecule has 0 unspecified atom stereocenters. The zero-order valence-electron chi connectivity index (χ0n) is 22.1. The molecular weight excluding hydrogens is 626 g/mol. The van der Waals surface area contributed by atoms with Crippen molar-refractivity contribution in [3.05, 3.63) is 64.4 Å². The molecule has 0 bridgehead atoms. The van der Waals surface area contributed by atoms with Gasteiger partial charge in [0.2, 0.25) is 17.6 Å². The molecule has 4 aliphatic rings. The van der Waals surface area contributed by atoms with Gasteiger partial charge in [0, 0.05) is 6.54 Å². The second-order valence-electron chi connectivity index (χ2n) is 11.0. The number of hydrogen-bond acceptors (Lipinski definition) is 6. The fourth-order valence-corrected chi connectivity index (χ4v) is 7.94. The van der Waals surface area contributed by atoms with Crippen LogP contribution in [0.1, 0.15) is 43.6 Å². The predicted octanol–water partition coefficient (Wildman–Crippen LogP) is 4.44. The van der Waals surface area contributed by atoms with Gasteiger partial charge >= 0.3 is 0 Å². The fraction of sp³-hybridized carbons (Fsp3) is 0.429. The lowest BCUT2D eigenvalue weighted by atomic mass is 9.57. The highest BCUT2D eigenvalue weighted by atomic mass is 35.5. The number of halogens is 7. The molecule has 6 atom stereocenters. The van der Waals surface area contributed by atoms with E-state index in [-0.39, 0.29) is 35.0 Å². The molecule has 1 aromatic carbocycles. The van der Waals surface area contributed by atoms with Crippen molar-refractivity contribution in [3.63, 3.8) is 0 Å². The van der Waals surface area contributed by atoms with Crippen LogP contribution in [0.2, 0.25) is 0 Å². The first-order valence-corrected chi connectivity index (χ1v) is 14.0. The number of imide groups is 2. The van der Waals surface area contributed by atoms with E-state index in [1.165, 1.54) is 12.1 Å². The number of anilines is 1. The number of alkyl halides is 2. The molecule has 2 aliphatic carbocycles. The van der Waals surface area contributed by atoms with E-state index in [1.54, 1.807) is 13.0 Å². The summed E-state index contributed by atoms with van der Waals surface area (Å²) in [6.45, 7) is 1.31. The Kier molecular flexibility index (Phi) is 6.83. The number of nitrogens with zero attached hydrogens (tertiary/aromatic N) is 2. The Balaban J connectivity index is 1.57. The third-order valence-electron chi connectivity index (χ3n) is 8.88. The average molecular weight is 647 g/mol. The van der Waals surface area contributed by atoms with Crippen LogP contribution in [0, 0.1) is 46.8 Å². The minimum Gasteiger partial charge on any atom is -0.463 e. The summed E-state index contributed by atoms with van der Waals surface area (Å²) in [5.74, 6) is -20.9. The molecule has 2 aliphatic heterocycles. The first-order valence-electron chi connectivity index (χ1n) is 13.3. The second-order valence-corrected chi connectivity index (χ2v) is 12.2. The van der Waals surface area contributed by atoms with Gasteiger partial charge in [-0.2, -0.15) is 0 Å². The summed E-state index contributed by atoms with van der Waals surface area (Å²) in [5.41, 5.74) is -1.59. The Morgan fingerprint density at radius 1 is 0.930 bits per heavy atom. The monoisotopic (exact) mass is 646 g/mol. The summed E-state index contributed by atoms with van der Waals surface area (Å²) < 4.78 is 78.0. The molecule has 1 saturated carbocycles. The number of likely N-dealkylation sites (tertiary alicyclic amines) is 1. The van der Waals surface area contributed by atoms with Crippen molar-refractivity contribution in [3.8, 4) is 0 Å². The van der Waals surface area contributed by atoms with Crippen LogP contribution < -0.4 is 4.90 Å². The van der Waals surface area contributed by atoms with Crippen LogP contribution in [-0.2, 0) is 25.8 Å². The summed E-state index contributed by atoms with van der Waals surface area (Å²) in [6.07, 6.45) is 1.48. The Morgan fingerprint density at radius 2 is 1.56 bits per heavy atom. The summed E-state index contributed by atoms with van der Waals surface area (Å²) in [6, 6.07) is 2.65. The van der Waals surface area contributed by atoms with E-state index in [9.17, 15) is 46.2 Å². The minimum atomic E-state index is -2.67. The van der Waals surface area contributed by atoms with Crippen molar-refractivity contribution in [2.45, 2.75) is 48.5 Å². The fourth-order valence-electron chi connectivity index (χ4n) is 7.02. The molecule has 3 heterocycles. The summed E-state index contributed by atoms with van der Waals surface area (Å²) in [7, 11) is 0. The van der Waals surface area contributed by atoms with Crippen LogP contribution in [0.4, 0.5) is 27.6 Å². The number of aliphatic hydroxyl groups is 1. The number of aliphatic hydroxyl groups excluding tert-OH is 1. The lowest BCUT2D eigenvalue weighted by molar-refractivity contribution is -0.140. The van der Waals surface area contributed by atoms with E-state index in [0.717, 1.165) is 4.90 Å². The average Bonchev–Trinajstić information content (AvgIpc) is 3.59. The van der Waals surface area contributed by atoms with Gasteiger partial charge < -0.3 is 9.52 Å². The van der Waals surface area contributed by atoms with Gasteiger partial charge in [0.15, 0.2) is 33.0 Å². The molecule has 3 fully saturated rings. The third kappa shape index (κ3) is 3.64. The Labute approximate surface area is 250 Å². The number of furan rings is 1. The first-order chi connectivity index (χ1) is 20.3. The summed E-state index contributed by atoms with van der Waals surface area (Å²) in [5, 5.41) is 9.60. The van der Waals surface area contributed by atoms with Gasteiger partial charge in [0.05, 0.1) is 17.8 Å². The zero-order chi connectivity index (χ0) is 31.3. The lowest BCUT2D eigenvalue weighted by Crippen LogP contribution is -2.60. The highest BCUT2D eigenvalue weighted by Crippen LogP contribution is 2.66. The molecule has 228 valence electrons. The topological polar surface area (TPSA) is 108 Å². The van der Waals surface area contributed by atoms with Gasteiger partial charge in [-0.15, -0.1) is 23.2 Å². The van der Waals surface area contributed by atoms with Crippen molar-refractivity contribution >= 4 is 52.5 Å². The first kappa shape index (κ1) is 29.8. The lowest BCUT2D eigenvalue weighted by Gasteiger charge is -2.49. The van der Waals surface area contributed by atoms with Crippen LogP contribution in [-0.4, -0.2) is 49.9 Å². The number of carbonyl (C=O) groups excluding carboxylic acids is 4. The molecule has 43 heavy (non-hydrogen) atoms. The van der Waals surface area contributed by atoms with Crippen molar-refractivity contribution in [2.24, 2.45) is 17.8 Å².